The Morgan fingerprint density at radius 2 is 1.82 bits per heavy atom. The molecule has 1 saturated heterocycles. The maximum absolute atomic E-state index is 12.0. The summed E-state index contributed by atoms with van der Waals surface area (Å²) >= 11 is 13.0. The number of nitrogens with two attached hydrogens (primary N) is 1. The highest BCUT2D eigenvalue weighted by atomic mass is 35.5. The van der Waals surface area contributed by atoms with E-state index in [0.717, 1.165) is 53.2 Å². The number of amides is 1. The normalized spacial score (nSPS) is 16.6. The summed E-state index contributed by atoms with van der Waals surface area (Å²) in [7, 11) is 1.61. The van der Waals surface area contributed by atoms with Gasteiger partial charge in [-0.25, -0.2) is 4.68 Å². The number of hydrogen-bond acceptors (Lipinski definition) is 7. The minimum absolute atomic E-state index is 0.231. The van der Waals surface area contributed by atoms with Crippen molar-refractivity contribution in [3.05, 3.63) is 81.2 Å². The van der Waals surface area contributed by atoms with Crippen LogP contribution in [0.3, 0.4) is 0 Å². The Morgan fingerprint density at radius 3 is 2.50 bits per heavy atom. The Morgan fingerprint density at radius 1 is 1.05 bits per heavy atom. The predicted molar refractivity (Wildman–Crippen MR) is 169 cm³/mol. The van der Waals surface area contributed by atoms with Crippen molar-refractivity contribution in [1.29, 1.82) is 0 Å². The predicted octanol–water partition coefficient (Wildman–Crippen LogP) is 6.52. The molecule has 7 rings (SSSR count). The number of carbonyl (C=O) groups is 1. The number of ether oxygens (including phenoxy) is 3. The SMILES string of the molecule is COc1cc2c(cc1-c1cncc(C(N)=O)c1)-c1c(c(C(=C3CC3)N3CCOCC3(C)C)nn1-c1cc(Cl)cc(Cl)c1)OC2. The zero-order chi connectivity index (χ0) is 30.7. The summed E-state index contributed by atoms with van der Waals surface area (Å²) in [5.41, 5.74) is 13.6. The number of methoxy groups -OCH3 is 1. The van der Waals surface area contributed by atoms with Crippen molar-refractivity contribution in [3.8, 4) is 39.6 Å². The second-order valence-electron chi connectivity index (χ2n) is 11.9. The van der Waals surface area contributed by atoms with Gasteiger partial charge in [-0.05, 0) is 68.7 Å². The first kappa shape index (κ1) is 28.7. The van der Waals surface area contributed by atoms with E-state index in [1.807, 2.05) is 28.9 Å². The number of primary amides is 1. The maximum Gasteiger partial charge on any atom is 0.250 e. The molecule has 4 heterocycles. The van der Waals surface area contributed by atoms with E-state index in [1.54, 1.807) is 25.4 Å². The molecule has 0 bridgehead atoms. The number of aromatic nitrogens is 3. The van der Waals surface area contributed by atoms with Crippen molar-refractivity contribution in [2.24, 2.45) is 5.73 Å². The van der Waals surface area contributed by atoms with Crippen molar-refractivity contribution in [2.45, 2.75) is 38.8 Å². The Hall–Kier alpha value is -4.05. The van der Waals surface area contributed by atoms with Crippen LogP contribution in [-0.4, -0.2) is 58.0 Å². The minimum atomic E-state index is -0.556. The summed E-state index contributed by atoms with van der Waals surface area (Å²) < 4.78 is 20.1. The van der Waals surface area contributed by atoms with Crippen LogP contribution in [0.15, 0.2) is 54.4 Å². The van der Waals surface area contributed by atoms with Crippen LogP contribution in [0.5, 0.6) is 11.5 Å². The fourth-order valence-electron chi connectivity index (χ4n) is 6.07. The molecule has 0 unspecified atom stereocenters. The molecule has 0 atom stereocenters. The maximum atomic E-state index is 12.0. The van der Waals surface area contributed by atoms with E-state index >= 15 is 0 Å². The Balaban J connectivity index is 1.49. The van der Waals surface area contributed by atoms with Crippen LogP contribution in [0.4, 0.5) is 0 Å². The summed E-state index contributed by atoms with van der Waals surface area (Å²) in [6.45, 7) is 6.71. The van der Waals surface area contributed by atoms with E-state index in [1.165, 1.54) is 11.8 Å². The van der Waals surface area contributed by atoms with Crippen LogP contribution in [0.1, 0.15) is 48.3 Å². The molecule has 0 spiro atoms. The molecule has 2 aromatic carbocycles. The number of pyridine rings is 1. The highest BCUT2D eigenvalue weighted by Crippen LogP contribution is 2.51. The standard InChI is InChI=1S/C33H31Cl2N5O4/c1-33(2)17-43-7-6-39(33)29(18-4-5-18)28-31-30(40(38-28)24-11-22(34)10-23(35)12-24)26-13-25(27(42-3)9-21(26)16-44-31)19-8-20(32(36)41)15-37-14-19/h8-15H,4-7,16-17H2,1-3H3,(H2,36,41). The highest BCUT2D eigenvalue weighted by Gasteiger charge is 2.40. The average molecular weight is 633 g/mol. The Kier molecular flexibility index (Phi) is 7.07. The van der Waals surface area contributed by atoms with Crippen LogP contribution < -0.4 is 15.2 Å². The lowest BCUT2D eigenvalue weighted by Gasteiger charge is -2.44. The third-order valence-corrected chi connectivity index (χ3v) is 8.73. The van der Waals surface area contributed by atoms with Gasteiger partial charge >= 0.3 is 0 Å². The van der Waals surface area contributed by atoms with Crippen molar-refractivity contribution in [1.82, 2.24) is 19.7 Å². The lowest BCUT2D eigenvalue weighted by atomic mass is 9.94. The van der Waals surface area contributed by atoms with Gasteiger partial charge in [0.15, 0.2) is 11.4 Å². The summed E-state index contributed by atoms with van der Waals surface area (Å²) in [6, 6.07) is 11.1. The molecule has 9 nitrogen and oxygen atoms in total. The van der Waals surface area contributed by atoms with Gasteiger partial charge in [-0.3, -0.25) is 9.78 Å². The van der Waals surface area contributed by atoms with E-state index in [4.69, 9.17) is 48.2 Å². The van der Waals surface area contributed by atoms with E-state index < -0.39 is 5.91 Å². The van der Waals surface area contributed by atoms with Gasteiger partial charge in [0.05, 0.1) is 42.8 Å². The fraction of sp³-hybridized carbons (Fsp3) is 0.303. The van der Waals surface area contributed by atoms with Gasteiger partial charge in [-0.15, -0.1) is 0 Å². The smallest absolute Gasteiger partial charge is 0.250 e. The molecule has 2 aliphatic heterocycles. The Bertz CT molecular complexity index is 1840. The Labute approximate surface area is 265 Å². The molecule has 1 aliphatic carbocycles. The van der Waals surface area contributed by atoms with Crippen molar-refractivity contribution >= 4 is 34.8 Å². The molecular weight excluding hydrogens is 601 g/mol. The van der Waals surface area contributed by atoms with E-state index in [-0.39, 0.29) is 5.54 Å². The zero-order valence-electron chi connectivity index (χ0n) is 24.6. The fourth-order valence-corrected chi connectivity index (χ4v) is 6.58. The van der Waals surface area contributed by atoms with Gasteiger partial charge in [0.2, 0.25) is 5.91 Å². The number of fused-ring (bicyclic) bond motifs is 3. The second-order valence-corrected chi connectivity index (χ2v) is 12.7. The molecule has 3 aliphatic rings. The zero-order valence-corrected chi connectivity index (χ0v) is 26.1. The van der Waals surface area contributed by atoms with Crippen molar-refractivity contribution in [2.75, 3.05) is 26.9 Å². The monoisotopic (exact) mass is 631 g/mol. The molecule has 0 radical (unpaired) electrons. The number of hydrogen-bond donors (Lipinski definition) is 1. The number of carbonyl (C=O) groups excluding carboxylic acids is 1. The van der Waals surface area contributed by atoms with Crippen LogP contribution >= 0.6 is 23.2 Å². The van der Waals surface area contributed by atoms with Crippen LogP contribution in [-0.2, 0) is 11.3 Å². The van der Waals surface area contributed by atoms with E-state index in [2.05, 4.69) is 23.7 Å². The number of nitrogens with zero attached hydrogens (tertiary/aromatic N) is 4. The molecule has 44 heavy (non-hydrogen) atoms. The molecule has 1 amide bonds. The first-order valence-electron chi connectivity index (χ1n) is 14.4. The molecule has 2 aromatic heterocycles. The van der Waals surface area contributed by atoms with E-state index in [0.29, 0.717) is 58.2 Å². The third kappa shape index (κ3) is 4.99. The highest BCUT2D eigenvalue weighted by molar-refractivity contribution is 6.34. The van der Waals surface area contributed by atoms with Gasteiger partial charge in [-0.2, -0.15) is 5.10 Å². The van der Waals surface area contributed by atoms with Gasteiger partial charge in [0.25, 0.3) is 0 Å². The van der Waals surface area contributed by atoms with Crippen LogP contribution in [0.25, 0.3) is 33.8 Å². The van der Waals surface area contributed by atoms with Gasteiger partial charge < -0.3 is 24.8 Å². The molecule has 4 aromatic rings. The topological polar surface area (TPSA) is 105 Å². The minimum Gasteiger partial charge on any atom is -0.496 e. The average Bonchev–Trinajstić information content (AvgIpc) is 3.76. The first-order valence-corrected chi connectivity index (χ1v) is 15.2. The first-order chi connectivity index (χ1) is 21.1. The summed E-state index contributed by atoms with van der Waals surface area (Å²) in [6.07, 6.45) is 5.16. The van der Waals surface area contributed by atoms with Crippen LogP contribution in [0, 0.1) is 0 Å². The van der Waals surface area contributed by atoms with Gasteiger partial charge in [0.1, 0.15) is 18.1 Å². The number of halogens is 2. The molecule has 11 heteroatoms. The summed E-state index contributed by atoms with van der Waals surface area (Å²) in [5, 5.41) is 6.25. The molecular formula is C33H31Cl2N5O4. The second kappa shape index (κ2) is 10.8. The summed E-state index contributed by atoms with van der Waals surface area (Å²) in [4.78, 5) is 18.7. The molecule has 1 saturated carbocycles. The molecule has 2 fully saturated rings. The largest absolute Gasteiger partial charge is 0.496 e. The number of allylic oxidation sites excluding steroid dienone is 1. The third-order valence-electron chi connectivity index (χ3n) is 8.29. The summed E-state index contributed by atoms with van der Waals surface area (Å²) in [5.74, 6) is 0.747. The lowest BCUT2D eigenvalue weighted by Crippen LogP contribution is -2.51. The van der Waals surface area contributed by atoms with Crippen molar-refractivity contribution < 1.29 is 19.0 Å². The van der Waals surface area contributed by atoms with Crippen molar-refractivity contribution in [3.63, 3.8) is 0 Å². The van der Waals surface area contributed by atoms with Gasteiger partial charge in [-0.1, -0.05) is 23.2 Å². The molecule has 226 valence electrons. The lowest BCUT2D eigenvalue weighted by molar-refractivity contribution is -0.0206. The van der Waals surface area contributed by atoms with Gasteiger partial charge in [0, 0.05) is 51.2 Å². The molecule has 2 N–H and O–H groups in total. The van der Waals surface area contributed by atoms with Crippen LogP contribution in [0.2, 0.25) is 10.0 Å². The number of benzene rings is 2. The number of rotatable bonds is 6. The number of morpholine rings is 1. The quantitative estimate of drug-likeness (QED) is 0.258. The van der Waals surface area contributed by atoms with E-state index in [9.17, 15) is 4.79 Å².